The summed E-state index contributed by atoms with van der Waals surface area (Å²) < 4.78 is 32.9. The van der Waals surface area contributed by atoms with Gasteiger partial charge in [0.15, 0.2) is 0 Å². The molecule has 0 spiro atoms. The number of sulfonamides is 1. The van der Waals surface area contributed by atoms with Crippen molar-refractivity contribution in [2.75, 3.05) is 0 Å². The van der Waals surface area contributed by atoms with E-state index in [1.54, 1.807) is 43.3 Å². The summed E-state index contributed by atoms with van der Waals surface area (Å²) in [6.45, 7) is 3.50. The lowest BCUT2D eigenvalue weighted by molar-refractivity contribution is 0.494. The highest BCUT2D eigenvalue weighted by Crippen LogP contribution is 2.21. The van der Waals surface area contributed by atoms with Crippen molar-refractivity contribution in [3.8, 4) is 11.5 Å². The third kappa shape index (κ3) is 4.07. The Balaban J connectivity index is 1.75. The van der Waals surface area contributed by atoms with Crippen molar-refractivity contribution in [1.82, 2.24) is 14.9 Å². The molecule has 0 aliphatic carbocycles. The maximum absolute atomic E-state index is 12.5. The van der Waals surface area contributed by atoms with Gasteiger partial charge >= 0.3 is 0 Å². The van der Waals surface area contributed by atoms with Gasteiger partial charge in [0, 0.05) is 10.6 Å². The van der Waals surface area contributed by atoms with E-state index in [4.69, 9.17) is 16.0 Å². The molecule has 0 amide bonds. The number of halogens is 1. The molecule has 0 aliphatic rings. The molecule has 1 N–H and O–H groups in total. The minimum absolute atomic E-state index is 0.0870. The van der Waals surface area contributed by atoms with Gasteiger partial charge < -0.3 is 4.42 Å². The maximum Gasteiger partial charge on any atom is 0.247 e. The number of nitrogens with one attached hydrogen (secondary N) is 1. The van der Waals surface area contributed by atoms with Crippen LogP contribution in [0.4, 0.5) is 0 Å². The van der Waals surface area contributed by atoms with E-state index in [1.165, 1.54) is 0 Å². The molecule has 0 saturated heterocycles. The number of rotatable bonds is 5. The lowest BCUT2D eigenvalue weighted by atomic mass is 10.2. The Hall–Kier alpha value is -2.22. The van der Waals surface area contributed by atoms with Crippen LogP contribution in [0.25, 0.3) is 11.5 Å². The summed E-state index contributed by atoms with van der Waals surface area (Å²) in [7, 11) is -3.67. The molecule has 8 heteroatoms. The molecule has 0 aliphatic heterocycles. The van der Waals surface area contributed by atoms with Gasteiger partial charge in [0.25, 0.3) is 0 Å². The largest absolute Gasteiger partial charge is 0.419 e. The van der Waals surface area contributed by atoms with Gasteiger partial charge in [0.2, 0.25) is 21.8 Å². The summed E-state index contributed by atoms with van der Waals surface area (Å²) in [4.78, 5) is 0.241. The lowest BCUT2D eigenvalue weighted by Gasteiger charge is -2.08. The molecule has 3 aromatic rings. The van der Waals surface area contributed by atoms with Crippen molar-refractivity contribution in [2.24, 2.45) is 0 Å². The summed E-state index contributed by atoms with van der Waals surface area (Å²) in [5.41, 5.74) is 2.25. The van der Waals surface area contributed by atoms with E-state index < -0.39 is 10.0 Å². The van der Waals surface area contributed by atoms with Crippen LogP contribution in [0.15, 0.2) is 51.8 Å². The van der Waals surface area contributed by atoms with E-state index in [1.807, 2.05) is 13.0 Å². The van der Waals surface area contributed by atoms with Gasteiger partial charge in [0.1, 0.15) is 0 Å². The average Bonchev–Trinajstić information content (AvgIpc) is 3.05. The Labute approximate surface area is 150 Å². The molecular formula is C17H16ClN3O3S. The fraction of sp³-hybridized carbons (Fsp3) is 0.176. The summed E-state index contributed by atoms with van der Waals surface area (Å²) in [5.74, 6) is 0.483. The molecule has 0 radical (unpaired) electrons. The Morgan fingerprint density at radius 3 is 2.52 bits per heavy atom. The van der Waals surface area contributed by atoms with Gasteiger partial charge in [-0.25, -0.2) is 13.1 Å². The van der Waals surface area contributed by atoms with Crippen LogP contribution in [0, 0.1) is 13.8 Å². The van der Waals surface area contributed by atoms with Crippen LogP contribution in [-0.4, -0.2) is 18.6 Å². The molecule has 0 unspecified atom stereocenters. The number of aromatic nitrogens is 2. The van der Waals surface area contributed by atoms with E-state index in [0.717, 1.165) is 5.56 Å². The van der Waals surface area contributed by atoms with Crippen LogP contribution >= 0.6 is 11.6 Å². The molecule has 2 aromatic carbocycles. The van der Waals surface area contributed by atoms with Crippen LogP contribution in [0.5, 0.6) is 0 Å². The van der Waals surface area contributed by atoms with Crippen molar-refractivity contribution in [3.63, 3.8) is 0 Å². The quantitative estimate of drug-likeness (QED) is 0.735. The first-order valence-electron chi connectivity index (χ1n) is 7.50. The van der Waals surface area contributed by atoms with Crippen molar-refractivity contribution in [3.05, 3.63) is 64.5 Å². The van der Waals surface area contributed by atoms with Crippen LogP contribution < -0.4 is 4.72 Å². The number of hydrogen-bond acceptors (Lipinski definition) is 5. The van der Waals surface area contributed by atoms with Crippen LogP contribution in [0.2, 0.25) is 5.02 Å². The fourth-order valence-electron chi connectivity index (χ4n) is 2.27. The molecule has 1 heterocycles. The zero-order valence-corrected chi connectivity index (χ0v) is 15.2. The minimum Gasteiger partial charge on any atom is -0.419 e. The summed E-state index contributed by atoms with van der Waals surface area (Å²) in [5, 5.41) is 8.40. The molecule has 130 valence electrons. The number of aryl methyl sites for hydroxylation is 2. The predicted molar refractivity (Wildman–Crippen MR) is 94.7 cm³/mol. The number of benzene rings is 2. The van der Waals surface area contributed by atoms with E-state index in [2.05, 4.69) is 14.9 Å². The van der Waals surface area contributed by atoms with Crippen molar-refractivity contribution in [2.45, 2.75) is 25.3 Å². The second kappa shape index (κ2) is 6.95. The first kappa shape index (κ1) is 17.6. The topological polar surface area (TPSA) is 85.1 Å². The molecule has 0 saturated carbocycles. The van der Waals surface area contributed by atoms with Crippen LogP contribution in [-0.2, 0) is 16.6 Å². The highest BCUT2D eigenvalue weighted by atomic mass is 35.5. The predicted octanol–water partition coefficient (Wildman–Crippen LogP) is 3.49. The molecule has 6 nitrogen and oxygen atoms in total. The van der Waals surface area contributed by atoms with Gasteiger partial charge in [-0.1, -0.05) is 23.7 Å². The molecule has 25 heavy (non-hydrogen) atoms. The van der Waals surface area contributed by atoms with Crippen molar-refractivity contribution >= 4 is 21.6 Å². The Kier molecular flexibility index (Phi) is 4.89. The van der Waals surface area contributed by atoms with E-state index >= 15 is 0 Å². The lowest BCUT2D eigenvalue weighted by Crippen LogP contribution is -2.24. The molecule has 3 rings (SSSR count). The Morgan fingerprint density at radius 2 is 1.80 bits per heavy atom. The summed E-state index contributed by atoms with van der Waals surface area (Å²) in [6, 6.07) is 12.2. The molecule has 0 bridgehead atoms. The number of nitrogens with zero attached hydrogens (tertiary/aromatic N) is 2. The van der Waals surface area contributed by atoms with Crippen molar-refractivity contribution in [1.29, 1.82) is 0 Å². The summed E-state index contributed by atoms with van der Waals surface area (Å²) >= 11 is 5.84. The standard InChI is InChI=1S/C17H16ClN3O3S/c1-11-3-4-12(2)15(9-11)25(22,23)19-10-16-20-21-17(24-16)13-5-7-14(18)8-6-13/h3-9,19H,10H2,1-2H3. The first-order chi connectivity index (χ1) is 11.8. The van der Waals surface area contributed by atoms with E-state index in [0.29, 0.717) is 22.0 Å². The zero-order valence-electron chi connectivity index (χ0n) is 13.7. The van der Waals surface area contributed by atoms with E-state index in [-0.39, 0.29) is 17.3 Å². The minimum atomic E-state index is -3.67. The van der Waals surface area contributed by atoms with Crippen LogP contribution in [0.3, 0.4) is 0 Å². The number of hydrogen-bond donors (Lipinski definition) is 1. The van der Waals surface area contributed by atoms with Gasteiger partial charge in [-0.3, -0.25) is 0 Å². The summed E-state index contributed by atoms with van der Waals surface area (Å²) in [6.07, 6.45) is 0. The molecule has 0 fully saturated rings. The third-order valence-corrected chi connectivity index (χ3v) is 5.40. The molecule has 0 atom stereocenters. The fourth-order valence-corrected chi connectivity index (χ4v) is 3.69. The van der Waals surface area contributed by atoms with Gasteiger partial charge in [-0.2, -0.15) is 0 Å². The smallest absolute Gasteiger partial charge is 0.247 e. The van der Waals surface area contributed by atoms with Gasteiger partial charge in [-0.05, 0) is 55.3 Å². The van der Waals surface area contributed by atoms with Gasteiger partial charge in [0.05, 0.1) is 11.4 Å². The van der Waals surface area contributed by atoms with E-state index in [9.17, 15) is 8.42 Å². The highest BCUT2D eigenvalue weighted by Gasteiger charge is 2.18. The van der Waals surface area contributed by atoms with Crippen molar-refractivity contribution < 1.29 is 12.8 Å². The maximum atomic E-state index is 12.5. The average molecular weight is 378 g/mol. The highest BCUT2D eigenvalue weighted by molar-refractivity contribution is 7.89. The second-order valence-electron chi connectivity index (χ2n) is 5.60. The third-order valence-electron chi connectivity index (χ3n) is 3.60. The first-order valence-corrected chi connectivity index (χ1v) is 9.36. The second-order valence-corrected chi connectivity index (χ2v) is 7.77. The Morgan fingerprint density at radius 1 is 1.08 bits per heavy atom. The van der Waals surface area contributed by atoms with Crippen LogP contribution in [0.1, 0.15) is 17.0 Å². The normalized spacial score (nSPS) is 11.6. The zero-order chi connectivity index (χ0) is 18.0. The SMILES string of the molecule is Cc1ccc(C)c(S(=O)(=O)NCc2nnc(-c3ccc(Cl)cc3)o2)c1. The molecular weight excluding hydrogens is 362 g/mol. The molecule has 1 aromatic heterocycles. The Bertz CT molecular complexity index is 998. The van der Waals surface area contributed by atoms with Gasteiger partial charge in [-0.15, -0.1) is 10.2 Å². The monoisotopic (exact) mass is 377 g/mol.